The van der Waals surface area contributed by atoms with E-state index in [1.165, 1.54) is 23.6 Å². The highest BCUT2D eigenvalue weighted by Crippen LogP contribution is 2.29. The van der Waals surface area contributed by atoms with Crippen LogP contribution in [0.4, 0.5) is 29.9 Å². The molecule has 0 aromatic carbocycles. The van der Waals surface area contributed by atoms with Crippen molar-refractivity contribution in [3.8, 4) is 0 Å². The second kappa shape index (κ2) is 8.50. The van der Waals surface area contributed by atoms with E-state index in [1.54, 1.807) is 11.1 Å². The van der Waals surface area contributed by atoms with Crippen LogP contribution in [0.15, 0.2) is 42.9 Å². The molecule has 1 aliphatic heterocycles. The van der Waals surface area contributed by atoms with Gasteiger partial charge in [-0.2, -0.15) is 13.2 Å². The van der Waals surface area contributed by atoms with Crippen LogP contribution in [0.3, 0.4) is 0 Å². The number of nitrogens with one attached hydrogen (secondary N) is 1. The number of hydrogen-bond donors (Lipinski definition) is 1. The minimum absolute atomic E-state index is 0.123. The monoisotopic (exact) mass is 448 g/mol. The molecule has 4 rings (SSSR count). The van der Waals surface area contributed by atoms with Crippen LogP contribution in [0.1, 0.15) is 20.8 Å². The van der Waals surface area contributed by atoms with E-state index in [-0.39, 0.29) is 5.91 Å². The summed E-state index contributed by atoms with van der Waals surface area (Å²) in [5.74, 6) is 0.994. The third-order valence-corrected chi connectivity index (χ3v) is 5.73. The fourth-order valence-electron chi connectivity index (χ4n) is 3.12. The maximum atomic E-state index is 12.8. The van der Waals surface area contributed by atoms with Crippen LogP contribution >= 0.6 is 11.3 Å². The smallest absolute Gasteiger partial charge is 0.353 e. The third-order valence-electron chi connectivity index (χ3n) is 4.83. The molecule has 3 aromatic rings. The summed E-state index contributed by atoms with van der Waals surface area (Å²) in [6, 6.07) is 6.15. The zero-order valence-corrected chi connectivity index (χ0v) is 17.4. The van der Waals surface area contributed by atoms with Gasteiger partial charge in [-0.15, -0.1) is 0 Å². The van der Waals surface area contributed by atoms with Crippen molar-refractivity contribution in [2.24, 2.45) is 0 Å². The molecule has 162 valence electrons. The van der Waals surface area contributed by atoms with E-state index in [9.17, 15) is 18.0 Å². The Kier molecular flexibility index (Phi) is 5.77. The first kappa shape index (κ1) is 21.0. The molecule has 0 radical (unpaired) electrons. The number of anilines is 3. The van der Waals surface area contributed by atoms with Gasteiger partial charge in [-0.1, -0.05) is 17.4 Å². The Bertz CT molecular complexity index is 1040. The zero-order chi connectivity index (χ0) is 22.0. The Morgan fingerprint density at radius 1 is 1.00 bits per heavy atom. The SMILES string of the molecule is Cc1ccc(Nc2ncc(C(=O)N3CCN(c4ccc(C(F)(F)F)cn4)CC3)s2)nc1. The molecular formula is C20H19F3N6OS. The second-order valence-corrected chi connectivity index (χ2v) is 8.09. The summed E-state index contributed by atoms with van der Waals surface area (Å²) in [4.78, 5) is 29.3. The first-order valence-corrected chi connectivity index (χ1v) is 10.3. The average Bonchev–Trinajstić information content (AvgIpc) is 3.23. The van der Waals surface area contributed by atoms with Gasteiger partial charge in [0.25, 0.3) is 5.91 Å². The Morgan fingerprint density at radius 3 is 2.39 bits per heavy atom. The minimum Gasteiger partial charge on any atom is -0.353 e. The van der Waals surface area contributed by atoms with Crippen LogP contribution < -0.4 is 10.2 Å². The molecule has 0 bridgehead atoms. The van der Waals surface area contributed by atoms with Gasteiger partial charge in [0.2, 0.25) is 0 Å². The lowest BCUT2D eigenvalue weighted by atomic mass is 10.2. The fourth-order valence-corrected chi connectivity index (χ4v) is 3.91. The van der Waals surface area contributed by atoms with Crippen molar-refractivity contribution in [1.82, 2.24) is 19.9 Å². The Balaban J connectivity index is 1.34. The van der Waals surface area contributed by atoms with E-state index >= 15 is 0 Å². The molecule has 31 heavy (non-hydrogen) atoms. The van der Waals surface area contributed by atoms with Crippen LogP contribution in [0.2, 0.25) is 0 Å². The van der Waals surface area contributed by atoms with Crippen molar-refractivity contribution >= 4 is 34.0 Å². The number of halogens is 3. The number of rotatable bonds is 4. The summed E-state index contributed by atoms with van der Waals surface area (Å²) in [5.41, 5.74) is 0.270. The van der Waals surface area contributed by atoms with Crippen molar-refractivity contribution in [2.45, 2.75) is 13.1 Å². The van der Waals surface area contributed by atoms with E-state index in [4.69, 9.17) is 0 Å². The number of aromatic nitrogens is 3. The molecule has 1 N–H and O–H groups in total. The Labute approximate surface area is 180 Å². The van der Waals surface area contributed by atoms with Gasteiger partial charge in [0, 0.05) is 38.6 Å². The number of piperazine rings is 1. The number of pyridine rings is 2. The van der Waals surface area contributed by atoms with Crippen LogP contribution in [0.25, 0.3) is 0 Å². The standard InChI is InChI=1S/C20H19F3N6OS/c1-13-2-4-16(24-10-13)27-19-26-12-15(31-19)18(30)29-8-6-28(7-9-29)17-5-3-14(11-25-17)20(21,22)23/h2-5,10-12H,6-9H2,1H3,(H,24,26,27). The van der Waals surface area contributed by atoms with Gasteiger partial charge in [-0.05, 0) is 30.7 Å². The molecule has 1 aliphatic rings. The first-order chi connectivity index (χ1) is 14.8. The van der Waals surface area contributed by atoms with Crippen molar-refractivity contribution in [2.75, 3.05) is 36.4 Å². The predicted octanol–water partition coefficient (Wildman–Crippen LogP) is 3.97. The third kappa shape index (κ3) is 4.93. The van der Waals surface area contributed by atoms with Crippen molar-refractivity contribution < 1.29 is 18.0 Å². The summed E-state index contributed by atoms with van der Waals surface area (Å²) in [5, 5.41) is 3.66. The number of alkyl halides is 3. The number of nitrogens with zero attached hydrogens (tertiary/aromatic N) is 5. The highest BCUT2D eigenvalue weighted by Gasteiger charge is 2.31. The molecule has 0 unspecified atom stereocenters. The van der Waals surface area contributed by atoms with Gasteiger partial charge in [-0.3, -0.25) is 4.79 Å². The lowest BCUT2D eigenvalue weighted by Crippen LogP contribution is -2.48. The molecule has 4 heterocycles. The maximum Gasteiger partial charge on any atom is 0.417 e. The van der Waals surface area contributed by atoms with Gasteiger partial charge >= 0.3 is 6.18 Å². The number of thiazole rings is 1. The van der Waals surface area contributed by atoms with Crippen LogP contribution in [0, 0.1) is 6.92 Å². The van der Waals surface area contributed by atoms with Gasteiger partial charge in [0.05, 0.1) is 11.8 Å². The molecule has 0 saturated carbocycles. The number of carbonyl (C=O) groups excluding carboxylic acids is 1. The Morgan fingerprint density at radius 2 is 1.77 bits per heavy atom. The van der Waals surface area contributed by atoms with Crippen molar-refractivity contribution in [1.29, 1.82) is 0 Å². The summed E-state index contributed by atoms with van der Waals surface area (Å²) in [6.07, 6.45) is -0.295. The second-order valence-electron chi connectivity index (χ2n) is 7.06. The van der Waals surface area contributed by atoms with E-state index in [0.717, 1.165) is 17.8 Å². The Hall–Kier alpha value is -3.21. The summed E-state index contributed by atoms with van der Waals surface area (Å²) in [6.45, 7) is 3.82. The van der Waals surface area contributed by atoms with E-state index < -0.39 is 11.7 Å². The van der Waals surface area contributed by atoms with E-state index in [2.05, 4.69) is 20.3 Å². The molecule has 7 nitrogen and oxygen atoms in total. The van der Waals surface area contributed by atoms with E-state index in [0.29, 0.717) is 47.8 Å². The molecule has 11 heteroatoms. The van der Waals surface area contributed by atoms with Crippen LogP contribution in [-0.2, 0) is 6.18 Å². The molecule has 3 aromatic heterocycles. The van der Waals surface area contributed by atoms with Crippen LogP contribution in [0.5, 0.6) is 0 Å². The summed E-state index contributed by atoms with van der Waals surface area (Å²) < 4.78 is 38.1. The molecule has 0 atom stereocenters. The lowest BCUT2D eigenvalue weighted by Gasteiger charge is -2.35. The fraction of sp³-hybridized carbons (Fsp3) is 0.300. The highest BCUT2D eigenvalue weighted by atomic mass is 32.1. The van der Waals surface area contributed by atoms with Crippen LogP contribution in [-0.4, -0.2) is 51.9 Å². The van der Waals surface area contributed by atoms with Crippen molar-refractivity contribution in [3.05, 3.63) is 58.9 Å². The predicted molar refractivity (Wildman–Crippen MR) is 112 cm³/mol. The average molecular weight is 448 g/mol. The first-order valence-electron chi connectivity index (χ1n) is 9.52. The number of aryl methyl sites for hydroxylation is 1. The quantitative estimate of drug-likeness (QED) is 0.651. The molecule has 0 spiro atoms. The molecule has 1 fully saturated rings. The van der Waals surface area contributed by atoms with Gasteiger partial charge in [0.1, 0.15) is 16.5 Å². The van der Waals surface area contributed by atoms with Gasteiger partial charge in [0.15, 0.2) is 5.13 Å². The van der Waals surface area contributed by atoms with E-state index in [1.807, 2.05) is 24.0 Å². The molecular weight excluding hydrogens is 429 g/mol. The number of carbonyl (C=O) groups is 1. The van der Waals surface area contributed by atoms with Gasteiger partial charge < -0.3 is 15.1 Å². The molecule has 1 saturated heterocycles. The maximum absolute atomic E-state index is 12.8. The zero-order valence-electron chi connectivity index (χ0n) is 16.6. The van der Waals surface area contributed by atoms with Crippen molar-refractivity contribution in [3.63, 3.8) is 0 Å². The number of hydrogen-bond acceptors (Lipinski definition) is 7. The summed E-state index contributed by atoms with van der Waals surface area (Å²) >= 11 is 1.25. The number of amides is 1. The lowest BCUT2D eigenvalue weighted by molar-refractivity contribution is -0.137. The largest absolute Gasteiger partial charge is 0.417 e. The minimum atomic E-state index is -4.41. The summed E-state index contributed by atoms with van der Waals surface area (Å²) in [7, 11) is 0. The highest BCUT2D eigenvalue weighted by molar-refractivity contribution is 7.17. The topological polar surface area (TPSA) is 74.2 Å². The molecule has 1 amide bonds. The van der Waals surface area contributed by atoms with Gasteiger partial charge in [-0.25, -0.2) is 15.0 Å². The molecule has 0 aliphatic carbocycles. The normalized spacial score (nSPS) is 14.6.